The molecule has 0 aliphatic carbocycles. The maximum absolute atomic E-state index is 11.9. The highest BCUT2D eigenvalue weighted by Crippen LogP contribution is 2.34. The number of benzene rings is 1. The highest BCUT2D eigenvalue weighted by molar-refractivity contribution is 6.00. The fourth-order valence-corrected chi connectivity index (χ4v) is 2.62. The average Bonchev–Trinajstić information content (AvgIpc) is 2.70. The fraction of sp³-hybridized carbons (Fsp3) is 0.312. The smallest absolute Gasteiger partial charge is 0.339 e. The van der Waals surface area contributed by atoms with Crippen molar-refractivity contribution in [3.63, 3.8) is 0 Å². The van der Waals surface area contributed by atoms with Crippen molar-refractivity contribution in [1.82, 2.24) is 0 Å². The van der Waals surface area contributed by atoms with Crippen LogP contribution < -0.4 is 11.4 Å². The van der Waals surface area contributed by atoms with E-state index in [9.17, 15) is 4.79 Å². The van der Waals surface area contributed by atoms with Crippen molar-refractivity contribution < 1.29 is 8.83 Å². The molecule has 0 amide bonds. The van der Waals surface area contributed by atoms with Gasteiger partial charge in [0.05, 0.1) is 5.56 Å². The van der Waals surface area contributed by atoms with E-state index in [1.807, 2.05) is 26.8 Å². The largest absolute Gasteiger partial charge is 0.461 e. The van der Waals surface area contributed by atoms with Crippen LogP contribution in [0.4, 0.5) is 0 Å². The van der Waals surface area contributed by atoms with E-state index in [4.69, 9.17) is 14.6 Å². The summed E-state index contributed by atoms with van der Waals surface area (Å²) in [6.45, 7) is 7.93. The van der Waals surface area contributed by atoms with Gasteiger partial charge < -0.3 is 14.6 Å². The highest BCUT2D eigenvalue weighted by Gasteiger charge is 2.18. The minimum absolute atomic E-state index is 0.270. The first-order valence-corrected chi connectivity index (χ1v) is 6.61. The van der Waals surface area contributed by atoms with Crippen molar-refractivity contribution in [2.24, 2.45) is 5.73 Å². The minimum atomic E-state index is -0.316. The van der Waals surface area contributed by atoms with Gasteiger partial charge in [0, 0.05) is 22.9 Å². The van der Waals surface area contributed by atoms with Crippen molar-refractivity contribution in [2.75, 3.05) is 0 Å². The second-order valence-corrected chi connectivity index (χ2v) is 5.24. The first-order valence-electron chi connectivity index (χ1n) is 6.61. The Morgan fingerprint density at radius 2 is 1.55 bits per heavy atom. The Labute approximate surface area is 116 Å². The monoisotopic (exact) mass is 271 g/mol. The van der Waals surface area contributed by atoms with Crippen LogP contribution in [0.15, 0.2) is 19.7 Å². The summed E-state index contributed by atoms with van der Waals surface area (Å²) in [6, 6.07) is 2.03. The summed E-state index contributed by atoms with van der Waals surface area (Å²) in [4.78, 5) is 11.9. The number of hydrogen-bond acceptors (Lipinski definition) is 4. The van der Waals surface area contributed by atoms with E-state index in [1.54, 1.807) is 6.92 Å². The van der Waals surface area contributed by atoms with Crippen molar-refractivity contribution in [2.45, 2.75) is 34.2 Å². The minimum Gasteiger partial charge on any atom is -0.461 e. The van der Waals surface area contributed by atoms with Gasteiger partial charge in [0.15, 0.2) is 0 Å². The zero-order valence-corrected chi connectivity index (χ0v) is 12.1. The van der Waals surface area contributed by atoms with E-state index in [-0.39, 0.29) is 12.2 Å². The molecule has 4 heteroatoms. The van der Waals surface area contributed by atoms with Crippen LogP contribution in [0, 0.1) is 27.7 Å². The first-order chi connectivity index (χ1) is 9.45. The molecule has 1 aromatic carbocycles. The molecule has 0 unspecified atom stereocenters. The van der Waals surface area contributed by atoms with Crippen molar-refractivity contribution >= 4 is 21.9 Å². The molecular weight excluding hydrogens is 254 g/mol. The van der Waals surface area contributed by atoms with Crippen LogP contribution >= 0.6 is 0 Å². The lowest BCUT2D eigenvalue weighted by molar-refractivity contribution is 0.543. The van der Waals surface area contributed by atoms with Gasteiger partial charge in [0.25, 0.3) is 0 Å². The maximum atomic E-state index is 11.9. The van der Waals surface area contributed by atoms with Crippen LogP contribution in [0.5, 0.6) is 0 Å². The summed E-state index contributed by atoms with van der Waals surface area (Å²) in [7, 11) is 0. The predicted molar refractivity (Wildman–Crippen MR) is 79.1 cm³/mol. The molecule has 0 bridgehead atoms. The van der Waals surface area contributed by atoms with Gasteiger partial charge in [-0.2, -0.15) is 0 Å². The van der Waals surface area contributed by atoms with Crippen LogP contribution in [0.1, 0.15) is 28.0 Å². The maximum Gasteiger partial charge on any atom is 0.339 e. The van der Waals surface area contributed by atoms with Crippen molar-refractivity contribution in [3.05, 3.63) is 44.5 Å². The molecule has 0 atom stereocenters. The molecule has 0 aliphatic rings. The van der Waals surface area contributed by atoms with Gasteiger partial charge in [0.1, 0.15) is 16.9 Å². The number of hydrogen-bond donors (Lipinski definition) is 1. The molecule has 0 saturated carbocycles. The molecule has 2 aromatic heterocycles. The molecule has 0 spiro atoms. The Morgan fingerprint density at radius 1 is 0.950 bits per heavy atom. The normalized spacial score (nSPS) is 11.7. The molecule has 3 rings (SSSR count). The third-order valence-electron chi connectivity index (χ3n) is 4.18. The van der Waals surface area contributed by atoms with Gasteiger partial charge >= 0.3 is 5.63 Å². The summed E-state index contributed by atoms with van der Waals surface area (Å²) in [6.07, 6.45) is 0. The van der Waals surface area contributed by atoms with Crippen LogP contribution in [-0.2, 0) is 6.54 Å². The Kier molecular flexibility index (Phi) is 2.73. The molecule has 0 fully saturated rings. The van der Waals surface area contributed by atoms with Crippen LogP contribution in [-0.4, -0.2) is 0 Å². The summed E-state index contributed by atoms with van der Waals surface area (Å²) >= 11 is 0. The van der Waals surface area contributed by atoms with E-state index in [2.05, 4.69) is 0 Å². The van der Waals surface area contributed by atoms with Gasteiger partial charge in [-0.1, -0.05) is 0 Å². The Hall–Kier alpha value is -2.07. The third-order valence-corrected chi connectivity index (χ3v) is 4.18. The van der Waals surface area contributed by atoms with Crippen LogP contribution in [0.2, 0.25) is 0 Å². The SMILES string of the molecule is Cc1oc2c(CN)c3oc(=O)c(C)c(C)c3cc2c1C. The van der Waals surface area contributed by atoms with Gasteiger partial charge in [-0.25, -0.2) is 4.79 Å². The van der Waals surface area contributed by atoms with Crippen LogP contribution in [0.3, 0.4) is 0 Å². The lowest BCUT2D eigenvalue weighted by Crippen LogP contribution is -2.08. The van der Waals surface area contributed by atoms with E-state index < -0.39 is 0 Å². The van der Waals surface area contributed by atoms with Gasteiger partial charge in [-0.3, -0.25) is 0 Å². The molecular formula is C16H17NO3. The lowest BCUT2D eigenvalue weighted by Gasteiger charge is -2.08. The molecule has 4 nitrogen and oxygen atoms in total. The molecule has 104 valence electrons. The van der Waals surface area contributed by atoms with Gasteiger partial charge in [-0.15, -0.1) is 0 Å². The van der Waals surface area contributed by atoms with Gasteiger partial charge in [0.2, 0.25) is 0 Å². The topological polar surface area (TPSA) is 69.4 Å². The molecule has 20 heavy (non-hydrogen) atoms. The highest BCUT2D eigenvalue weighted by atomic mass is 16.4. The Balaban J connectivity index is 2.65. The van der Waals surface area contributed by atoms with E-state index in [0.717, 1.165) is 38.8 Å². The van der Waals surface area contributed by atoms with Crippen molar-refractivity contribution in [1.29, 1.82) is 0 Å². The summed E-state index contributed by atoms with van der Waals surface area (Å²) < 4.78 is 11.3. The van der Waals surface area contributed by atoms with E-state index >= 15 is 0 Å². The zero-order chi connectivity index (χ0) is 14.6. The summed E-state index contributed by atoms with van der Waals surface area (Å²) in [5, 5.41) is 1.96. The predicted octanol–water partition coefficient (Wildman–Crippen LogP) is 3.23. The first kappa shape index (κ1) is 12.9. The molecule has 3 aromatic rings. The second kappa shape index (κ2) is 4.21. The average molecular weight is 271 g/mol. The molecule has 0 aliphatic heterocycles. The zero-order valence-electron chi connectivity index (χ0n) is 12.1. The Morgan fingerprint density at radius 3 is 2.20 bits per heavy atom. The van der Waals surface area contributed by atoms with E-state index in [0.29, 0.717) is 11.1 Å². The number of fused-ring (bicyclic) bond motifs is 2. The molecule has 2 heterocycles. The quantitative estimate of drug-likeness (QED) is 0.690. The molecule has 0 saturated heterocycles. The standard InChI is InChI=1S/C16H17NO3/c1-7-8(2)16(18)20-15-11(7)5-12-9(3)10(4)19-14(12)13(15)6-17/h5H,6,17H2,1-4H3. The van der Waals surface area contributed by atoms with Crippen molar-refractivity contribution in [3.8, 4) is 0 Å². The second-order valence-electron chi connectivity index (χ2n) is 5.24. The van der Waals surface area contributed by atoms with Gasteiger partial charge in [-0.05, 0) is 44.9 Å². The van der Waals surface area contributed by atoms with Crippen LogP contribution in [0.25, 0.3) is 21.9 Å². The summed E-state index contributed by atoms with van der Waals surface area (Å²) in [5.41, 5.74) is 10.2. The third kappa shape index (κ3) is 1.55. The van der Waals surface area contributed by atoms with E-state index in [1.165, 1.54) is 0 Å². The summed E-state index contributed by atoms with van der Waals surface area (Å²) in [5.74, 6) is 0.863. The fourth-order valence-electron chi connectivity index (χ4n) is 2.62. The number of aryl methyl sites for hydroxylation is 3. The molecule has 0 radical (unpaired) electrons. The lowest BCUT2D eigenvalue weighted by atomic mass is 10.00. The number of rotatable bonds is 1. The number of furan rings is 1. The number of nitrogens with two attached hydrogens (primary N) is 1. The Bertz CT molecular complexity index is 900. The molecule has 2 N–H and O–H groups in total.